The number of amides is 3. The van der Waals surface area contributed by atoms with E-state index in [2.05, 4.69) is 69.6 Å². The quantitative estimate of drug-likeness (QED) is 0.0513. The number of benzene rings is 5. The molecule has 1 spiro atoms. The number of Topliss-reactive ketones (excluding diaryl/α,β-unsaturated/α-hetero) is 1. The summed E-state index contributed by atoms with van der Waals surface area (Å²) in [5.74, 6) is 1.50. The van der Waals surface area contributed by atoms with Crippen molar-refractivity contribution in [3.8, 4) is 28.4 Å². The highest BCUT2D eigenvalue weighted by atomic mass is 16.5. The highest BCUT2D eigenvalue weighted by Crippen LogP contribution is 2.67. The van der Waals surface area contributed by atoms with Crippen molar-refractivity contribution in [2.75, 3.05) is 45.8 Å². The second kappa shape index (κ2) is 23.0. The van der Waals surface area contributed by atoms with Gasteiger partial charge < -0.3 is 47.1 Å². The average Bonchev–Trinajstić information content (AvgIpc) is 1.64. The Labute approximate surface area is 556 Å². The third-order valence-corrected chi connectivity index (χ3v) is 25.9. The summed E-state index contributed by atoms with van der Waals surface area (Å²) in [4.78, 5) is 57.5. The van der Waals surface area contributed by atoms with E-state index in [1.807, 2.05) is 36.4 Å². The largest absolute Gasteiger partial charge is 0.507 e. The Morgan fingerprint density at radius 1 is 0.547 bits per heavy atom. The summed E-state index contributed by atoms with van der Waals surface area (Å²) in [6.45, 7) is 14.8. The number of ketones is 1. The van der Waals surface area contributed by atoms with E-state index in [-0.39, 0.29) is 65.0 Å². The Morgan fingerprint density at radius 3 is 1.60 bits per heavy atom. The average molecular weight is 1290 g/mol. The molecule has 95 heavy (non-hydrogen) atoms. The molecule has 498 valence electrons. The topological polar surface area (TPSA) is 252 Å². The fraction of sp³-hybridized carbons (Fsp3) is 0.519. The SMILES string of the molecule is C=C1CC[C@@]2(O)[C@H]3Cc4ccc(C(N)=O)c(O)c4[C@@]2(CCN3CC2CC2)C1.C=C1CC[C@@]2(O)[C@H]3Cc4ccc(C(N)=O)c5c4[C@@]2(CCN3CC2CC2)[C@H]1O5.O=C1CC[C@@]2(O)[C@H]3Cc4ccc(C(=O)NCCc5ccc(-c6ccccc6)cc5)c(O)c4[C@@]2(CCN3CC2CC2)C1. The van der Waals surface area contributed by atoms with Gasteiger partial charge in [0.25, 0.3) is 17.7 Å². The molecule has 4 aliphatic heterocycles. The van der Waals surface area contributed by atoms with Gasteiger partial charge in [-0.1, -0.05) is 91.5 Å². The molecule has 9 fully saturated rings. The van der Waals surface area contributed by atoms with Gasteiger partial charge in [-0.2, -0.15) is 0 Å². The number of fused-ring (bicyclic) bond motifs is 2. The lowest BCUT2D eigenvalue weighted by Gasteiger charge is -2.64. The van der Waals surface area contributed by atoms with Gasteiger partial charge in [-0.15, -0.1) is 0 Å². The number of ether oxygens (including phenoxy) is 1. The Balaban J connectivity index is 0.000000116. The van der Waals surface area contributed by atoms with Gasteiger partial charge in [0.15, 0.2) is 0 Å². The second-order valence-corrected chi connectivity index (χ2v) is 31.2. The standard InChI is InChI=1S/C35H38N2O4.C22H26N2O3.C22H28N2O3/c38-28-14-16-35(41)30-20-27-12-13-29(32(39)31(27)34(35,21-28)17-19-37(30)22-24-6-7-24)33(40)36-18-15-23-8-10-26(11-9-23)25-4-2-1-3-5-25;1-12-6-7-22(26)16-10-14-4-5-15(20(23)25)18-17(14)21(22,19(12)27-18)8-9-24(16)11-13-2-3-13;1-13-6-7-22(27)17-10-15-4-5-16(20(23)26)19(25)18(15)21(22,11-13)8-9-24(17)12-14-2-3-14/h1-5,8-13,24,30,39,41H,6-7,14-22H2,(H,36,40);4-5,13,16,19,26H,1-3,6-11H2,(H2,23,25);4-5,14,17,25,27H,1-3,6-12H2,(H2,23,26)/t30-,34-,35-;16-,19+,21+,22-;17-,21-,22-/m111/s1. The van der Waals surface area contributed by atoms with Crippen LogP contribution in [0.4, 0.5) is 0 Å². The number of piperidine rings is 3. The van der Waals surface area contributed by atoms with E-state index in [0.717, 1.165) is 134 Å². The van der Waals surface area contributed by atoms with Crippen LogP contribution in [-0.4, -0.2) is 151 Å². The number of allylic oxidation sites excluding steroid dienone is 1. The number of carbonyl (C=O) groups excluding carboxylic acids is 4. The highest BCUT2D eigenvalue weighted by Gasteiger charge is 2.73. The van der Waals surface area contributed by atoms with Crippen molar-refractivity contribution in [2.24, 2.45) is 29.2 Å². The maximum Gasteiger partial charge on any atom is 0.255 e. The molecule has 10 atom stereocenters. The van der Waals surface area contributed by atoms with Crippen LogP contribution in [0, 0.1) is 17.8 Å². The number of primary amides is 2. The van der Waals surface area contributed by atoms with Crippen LogP contribution in [0.1, 0.15) is 179 Å². The van der Waals surface area contributed by atoms with Crippen molar-refractivity contribution >= 4 is 23.5 Å². The van der Waals surface area contributed by atoms with Gasteiger partial charge in [-0.25, -0.2) is 0 Å². The number of phenols is 2. The van der Waals surface area contributed by atoms with Crippen LogP contribution < -0.4 is 21.5 Å². The molecular formula is C79H92N6O10. The molecule has 13 aliphatic rings. The van der Waals surface area contributed by atoms with Crippen LogP contribution in [0.5, 0.6) is 17.2 Å². The molecule has 6 saturated carbocycles. The monoisotopic (exact) mass is 1280 g/mol. The van der Waals surface area contributed by atoms with Crippen molar-refractivity contribution in [3.05, 3.63) is 171 Å². The Hall–Kier alpha value is -7.18. The van der Waals surface area contributed by atoms with Crippen LogP contribution in [0.15, 0.2) is 115 Å². The van der Waals surface area contributed by atoms with E-state index in [4.69, 9.17) is 16.2 Å². The molecule has 0 radical (unpaired) electrons. The molecule has 16 nitrogen and oxygen atoms in total. The van der Waals surface area contributed by atoms with E-state index >= 15 is 0 Å². The fourth-order valence-electron chi connectivity index (χ4n) is 20.7. The molecule has 5 aromatic rings. The maximum absolute atomic E-state index is 13.3. The number of hydrogen-bond acceptors (Lipinski definition) is 13. The lowest BCUT2D eigenvalue weighted by Crippen LogP contribution is -2.75. The third kappa shape index (κ3) is 9.85. The molecule has 6 bridgehead atoms. The first-order chi connectivity index (χ1) is 45.7. The molecule has 10 N–H and O–H groups in total. The zero-order valence-electron chi connectivity index (χ0n) is 54.7. The minimum absolute atomic E-state index is 0.0257. The van der Waals surface area contributed by atoms with E-state index in [0.29, 0.717) is 80.7 Å². The number of hydrogen-bond donors (Lipinski definition) is 8. The Kier molecular flexibility index (Phi) is 15.1. The maximum atomic E-state index is 13.3. The predicted molar refractivity (Wildman–Crippen MR) is 361 cm³/mol. The van der Waals surface area contributed by atoms with E-state index in [1.54, 1.807) is 18.2 Å². The van der Waals surface area contributed by atoms with Crippen LogP contribution in [0.3, 0.4) is 0 Å². The summed E-state index contributed by atoms with van der Waals surface area (Å²) in [6, 6.07) is 29.8. The van der Waals surface area contributed by atoms with Crippen molar-refractivity contribution < 1.29 is 49.4 Å². The van der Waals surface area contributed by atoms with Crippen LogP contribution in [-0.2, 0) is 46.7 Å². The normalized spacial score (nSPS) is 32.9. The number of nitrogens with zero attached hydrogens (tertiary/aromatic N) is 3. The summed E-state index contributed by atoms with van der Waals surface area (Å²) in [7, 11) is 0. The molecule has 4 heterocycles. The van der Waals surface area contributed by atoms with Gasteiger partial charge in [-0.3, -0.25) is 33.9 Å². The van der Waals surface area contributed by atoms with Crippen molar-refractivity contribution in [2.45, 2.75) is 192 Å². The van der Waals surface area contributed by atoms with Gasteiger partial charge in [0, 0.05) is 84.7 Å². The van der Waals surface area contributed by atoms with Crippen molar-refractivity contribution in [1.82, 2.24) is 20.0 Å². The van der Waals surface area contributed by atoms with E-state index < -0.39 is 44.9 Å². The van der Waals surface area contributed by atoms with Gasteiger partial charge in [0.2, 0.25) is 0 Å². The fourth-order valence-corrected chi connectivity index (χ4v) is 20.7. The van der Waals surface area contributed by atoms with E-state index in [9.17, 15) is 44.7 Å². The lowest BCUT2D eigenvalue weighted by atomic mass is 9.48. The van der Waals surface area contributed by atoms with Gasteiger partial charge in [0.1, 0.15) is 29.1 Å². The minimum Gasteiger partial charge on any atom is -0.507 e. The van der Waals surface area contributed by atoms with Gasteiger partial charge >= 0.3 is 0 Å². The Bertz CT molecular complexity index is 4000. The first-order valence-electron chi connectivity index (χ1n) is 35.5. The zero-order chi connectivity index (χ0) is 65.7. The first-order valence-corrected chi connectivity index (χ1v) is 35.5. The highest BCUT2D eigenvalue weighted by molar-refractivity contribution is 5.99. The number of nitrogens with two attached hydrogens (primary N) is 2. The van der Waals surface area contributed by atoms with Crippen LogP contribution >= 0.6 is 0 Å². The molecule has 5 aromatic carbocycles. The smallest absolute Gasteiger partial charge is 0.255 e. The summed E-state index contributed by atoms with van der Waals surface area (Å²) >= 11 is 0. The summed E-state index contributed by atoms with van der Waals surface area (Å²) in [5, 5.41) is 62.2. The molecule has 0 unspecified atom stereocenters. The van der Waals surface area contributed by atoms with Crippen LogP contribution in [0.2, 0.25) is 0 Å². The number of carbonyl (C=O) groups is 4. The number of phenolic OH excluding ortho intramolecular Hbond substituents is 1. The van der Waals surface area contributed by atoms with Gasteiger partial charge in [-0.05, 0) is 217 Å². The molecular weight excluding hydrogens is 1190 g/mol. The summed E-state index contributed by atoms with van der Waals surface area (Å²) < 4.78 is 6.40. The molecule has 9 aliphatic carbocycles. The predicted octanol–water partition coefficient (Wildman–Crippen LogP) is 8.94. The minimum atomic E-state index is -1.08. The number of likely N-dealkylation sites (tertiary alicyclic amines) is 3. The molecule has 0 aromatic heterocycles. The zero-order valence-corrected chi connectivity index (χ0v) is 54.7. The lowest BCUT2D eigenvalue weighted by molar-refractivity contribution is -0.174. The third-order valence-electron chi connectivity index (χ3n) is 25.9. The molecule has 16 heteroatoms. The Morgan fingerprint density at radius 2 is 1.03 bits per heavy atom. The second-order valence-electron chi connectivity index (χ2n) is 31.2. The number of rotatable bonds is 13. The molecule has 3 amide bonds. The molecule has 18 rings (SSSR count). The number of aromatic hydroxyl groups is 2. The van der Waals surface area contributed by atoms with Gasteiger partial charge in [0.05, 0.1) is 38.9 Å². The van der Waals surface area contributed by atoms with Crippen LogP contribution in [0.25, 0.3) is 11.1 Å². The first kappa shape index (κ1) is 62.6. The number of nitrogens with one attached hydrogen (secondary N) is 1. The molecule has 3 saturated heterocycles. The van der Waals surface area contributed by atoms with E-state index in [1.165, 1.54) is 49.7 Å². The van der Waals surface area contributed by atoms with Crippen molar-refractivity contribution in [3.63, 3.8) is 0 Å². The summed E-state index contributed by atoms with van der Waals surface area (Å²) in [5.41, 5.74) is 18.5. The number of aliphatic hydroxyl groups is 3. The van der Waals surface area contributed by atoms with Crippen molar-refractivity contribution in [1.29, 1.82) is 0 Å². The summed E-state index contributed by atoms with van der Waals surface area (Å²) in [6.07, 6.45) is 17.2.